The van der Waals surface area contributed by atoms with Crippen molar-refractivity contribution >= 4 is 5.97 Å². The van der Waals surface area contributed by atoms with Gasteiger partial charge in [-0.1, -0.05) is 24.3 Å². The van der Waals surface area contributed by atoms with Gasteiger partial charge in [-0.05, 0) is 43.2 Å². The van der Waals surface area contributed by atoms with E-state index in [-0.39, 0.29) is 6.04 Å². The Morgan fingerprint density at radius 2 is 1.86 bits per heavy atom. The summed E-state index contributed by atoms with van der Waals surface area (Å²) in [6, 6.07) is 8.21. The molecule has 3 rings (SSSR count). The maximum atomic E-state index is 11.7. The minimum atomic E-state index is -0.696. The number of hydrogen-bond donors (Lipinski definition) is 1. The van der Waals surface area contributed by atoms with Gasteiger partial charge in [0, 0.05) is 19.7 Å². The molecule has 4 nitrogen and oxygen atoms in total. The highest BCUT2D eigenvalue weighted by Gasteiger charge is 2.37. The number of carboxylic acids is 1. The second-order valence-electron chi connectivity index (χ2n) is 6.17. The quantitative estimate of drug-likeness (QED) is 0.928. The summed E-state index contributed by atoms with van der Waals surface area (Å²) in [5.74, 6) is -0.696. The van der Waals surface area contributed by atoms with Crippen molar-refractivity contribution in [3.8, 4) is 0 Å². The molecule has 1 aliphatic heterocycles. The van der Waals surface area contributed by atoms with Crippen LogP contribution in [0.25, 0.3) is 0 Å². The first-order valence-corrected chi connectivity index (χ1v) is 7.77. The van der Waals surface area contributed by atoms with E-state index in [4.69, 9.17) is 4.74 Å². The van der Waals surface area contributed by atoms with E-state index < -0.39 is 5.97 Å². The lowest BCUT2D eigenvalue weighted by molar-refractivity contribution is -0.145. The minimum Gasteiger partial charge on any atom is -0.480 e. The number of carboxylic acid groups (broad SMARTS) is 1. The fourth-order valence-corrected chi connectivity index (χ4v) is 3.77. The molecule has 1 aliphatic carbocycles. The highest BCUT2D eigenvalue weighted by atomic mass is 16.5. The maximum absolute atomic E-state index is 11.7. The molecule has 114 valence electrons. The van der Waals surface area contributed by atoms with Crippen molar-refractivity contribution in [2.24, 2.45) is 0 Å². The first-order chi connectivity index (χ1) is 10.2. The number of aliphatic carboxylic acids is 1. The average Bonchev–Trinajstić information content (AvgIpc) is 2.53. The van der Waals surface area contributed by atoms with Crippen molar-refractivity contribution in [1.29, 1.82) is 0 Å². The van der Waals surface area contributed by atoms with Gasteiger partial charge in [0.05, 0.1) is 6.10 Å². The Hall–Kier alpha value is -1.39. The van der Waals surface area contributed by atoms with Gasteiger partial charge >= 0.3 is 5.97 Å². The van der Waals surface area contributed by atoms with Crippen LogP contribution >= 0.6 is 0 Å². The molecule has 1 aromatic carbocycles. The van der Waals surface area contributed by atoms with E-state index >= 15 is 0 Å². The van der Waals surface area contributed by atoms with Crippen LogP contribution in [0.15, 0.2) is 24.3 Å². The van der Waals surface area contributed by atoms with Gasteiger partial charge in [-0.3, -0.25) is 9.69 Å². The summed E-state index contributed by atoms with van der Waals surface area (Å²) < 4.78 is 5.42. The zero-order valence-electron chi connectivity index (χ0n) is 12.5. The Bertz CT molecular complexity index is 509. The molecule has 0 spiro atoms. The highest BCUT2D eigenvalue weighted by molar-refractivity contribution is 5.74. The van der Waals surface area contributed by atoms with Crippen molar-refractivity contribution in [3.05, 3.63) is 35.4 Å². The van der Waals surface area contributed by atoms with E-state index in [0.717, 1.165) is 32.2 Å². The van der Waals surface area contributed by atoms with Gasteiger partial charge in [-0.15, -0.1) is 0 Å². The van der Waals surface area contributed by atoms with Crippen LogP contribution in [0.5, 0.6) is 0 Å². The van der Waals surface area contributed by atoms with Gasteiger partial charge in [-0.25, -0.2) is 0 Å². The molecule has 1 N–H and O–H groups in total. The fraction of sp³-hybridized carbons (Fsp3) is 0.588. The SMILES string of the molecule is COC1CCC(N2Cc3ccccc3CC2C(=O)O)CC1. The first kappa shape index (κ1) is 14.5. The molecule has 1 fully saturated rings. The second kappa shape index (κ2) is 6.16. The Balaban J connectivity index is 1.78. The topological polar surface area (TPSA) is 49.8 Å². The molecule has 1 unspecified atom stereocenters. The van der Waals surface area contributed by atoms with Crippen molar-refractivity contribution in [2.75, 3.05) is 7.11 Å². The molecule has 0 saturated heterocycles. The lowest BCUT2D eigenvalue weighted by atomic mass is 9.87. The van der Waals surface area contributed by atoms with Crippen LogP contribution in [0.1, 0.15) is 36.8 Å². The highest BCUT2D eigenvalue weighted by Crippen LogP contribution is 2.32. The van der Waals surface area contributed by atoms with Crippen molar-refractivity contribution in [2.45, 2.75) is 56.8 Å². The lowest BCUT2D eigenvalue weighted by Crippen LogP contribution is -2.51. The van der Waals surface area contributed by atoms with Crippen LogP contribution < -0.4 is 0 Å². The molecule has 0 aromatic heterocycles. The number of nitrogens with zero attached hydrogens (tertiary/aromatic N) is 1. The molecule has 0 radical (unpaired) electrons. The van der Waals surface area contributed by atoms with Gasteiger partial charge in [0.1, 0.15) is 6.04 Å². The van der Waals surface area contributed by atoms with Gasteiger partial charge < -0.3 is 9.84 Å². The van der Waals surface area contributed by atoms with E-state index in [1.165, 1.54) is 11.1 Å². The van der Waals surface area contributed by atoms with E-state index in [2.05, 4.69) is 17.0 Å². The maximum Gasteiger partial charge on any atom is 0.321 e. The Morgan fingerprint density at radius 3 is 2.48 bits per heavy atom. The van der Waals surface area contributed by atoms with Gasteiger partial charge in [0.15, 0.2) is 0 Å². The molecular weight excluding hydrogens is 266 g/mol. The largest absolute Gasteiger partial charge is 0.480 e. The molecule has 1 atom stereocenters. The normalized spacial score (nSPS) is 29.9. The van der Waals surface area contributed by atoms with Crippen LogP contribution in [0.2, 0.25) is 0 Å². The Morgan fingerprint density at radius 1 is 1.19 bits per heavy atom. The number of carbonyl (C=O) groups is 1. The molecular formula is C17H23NO3. The van der Waals surface area contributed by atoms with Crippen LogP contribution in [0, 0.1) is 0 Å². The number of methoxy groups -OCH3 is 1. The molecule has 21 heavy (non-hydrogen) atoms. The van der Waals surface area contributed by atoms with Crippen LogP contribution in [0.3, 0.4) is 0 Å². The molecule has 2 aliphatic rings. The number of benzene rings is 1. The number of ether oxygens (including phenoxy) is 1. The Labute approximate surface area is 125 Å². The molecule has 1 aromatic rings. The second-order valence-corrected chi connectivity index (χ2v) is 6.17. The number of fused-ring (bicyclic) bond motifs is 1. The van der Waals surface area contributed by atoms with Crippen LogP contribution in [0.4, 0.5) is 0 Å². The summed E-state index contributed by atoms with van der Waals surface area (Å²) in [5.41, 5.74) is 2.47. The Kier molecular flexibility index (Phi) is 4.27. The van der Waals surface area contributed by atoms with E-state index in [1.54, 1.807) is 7.11 Å². The van der Waals surface area contributed by atoms with Crippen LogP contribution in [-0.4, -0.2) is 41.3 Å². The van der Waals surface area contributed by atoms with Gasteiger partial charge in [0.2, 0.25) is 0 Å². The molecule has 1 heterocycles. The minimum absolute atomic E-state index is 0.349. The number of hydrogen-bond acceptors (Lipinski definition) is 3. The predicted octanol–water partition coefficient (Wildman–Crippen LogP) is 2.46. The predicted molar refractivity (Wildman–Crippen MR) is 80.2 cm³/mol. The van der Waals surface area contributed by atoms with Gasteiger partial charge in [-0.2, -0.15) is 0 Å². The molecule has 4 heteroatoms. The van der Waals surface area contributed by atoms with E-state index in [1.807, 2.05) is 12.1 Å². The monoisotopic (exact) mass is 289 g/mol. The zero-order valence-corrected chi connectivity index (χ0v) is 12.5. The summed E-state index contributed by atoms with van der Waals surface area (Å²) in [7, 11) is 1.77. The summed E-state index contributed by atoms with van der Waals surface area (Å²) in [6.45, 7) is 0.759. The third kappa shape index (κ3) is 2.97. The summed E-state index contributed by atoms with van der Waals surface area (Å²) in [4.78, 5) is 13.9. The number of rotatable bonds is 3. The third-order valence-electron chi connectivity index (χ3n) is 5.02. The third-order valence-corrected chi connectivity index (χ3v) is 5.02. The fourth-order valence-electron chi connectivity index (χ4n) is 3.77. The van der Waals surface area contributed by atoms with Crippen LogP contribution in [-0.2, 0) is 22.5 Å². The zero-order chi connectivity index (χ0) is 14.8. The molecule has 1 saturated carbocycles. The average molecular weight is 289 g/mol. The van der Waals surface area contributed by atoms with E-state index in [9.17, 15) is 9.90 Å². The summed E-state index contributed by atoms with van der Waals surface area (Å²) >= 11 is 0. The van der Waals surface area contributed by atoms with E-state index in [0.29, 0.717) is 18.6 Å². The molecule has 0 bridgehead atoms. The summed E-state index contributed by atoms with van der Waals surface area (Å²) in [6.07, 6.45) is 5.10. The smallest absolute Gasteiger partial charge is 0.321 e. The molecule has 0 amide bonds. The van der Waals surface area contributed by atoms with Crippen molar-refractivity contribution in [1.82, 2.24) is 4.90 Å². The van der Waals surface area contributed by atoms with Crippen molar-refractivity contribution < 1.29 is 14.6 Å². The standard InChI is InChI=1S/C17H23NO3/c1-21-15-8-6-14(7-9-15)18-11-13-5-3-2-4-12(13)10-16(18)17(19)20/h2-5,14-16H,6-11H2,1H3,(H,19,20). The van der Waals surface area contributed by atoms with Gasteiger partial charge in [0.25, 0.3) is 0 Å². The first-order valence-electron chi connectivity index (χ1n) is 7.77. The summed E-state index contributed by atoms with van der Waals surface area (Å²) in [5, 5.41) is 9.60. The lowest BCUT2D eigenvalue weighted by Gasteiger charge is -2.42. The van der Waals surface area contributed by atoms with Crippen molar-refractivity contribution in [3.63, 3.8) is 0 Å².